The second-order valence-electron chi connectivity index (χ2n) is 9.86. The number of ether oxygens (including phenoxy) is 1. The molecule has 5 rings (SSSR count). The zero-order chi connectivity index (χ0) is 25.9. The van der Waals surface area contributed by atoms with Crippen molar-refractivity contribution in [3.8, 4) is 11.3 Å². The third-order valence-electron chi connectivity index (χ3n) is 7.33. The summed E-state index contributed by atoms with van der Waals surface area (Å²) in [4.78, 5) is 25.1. The fraction of sp³-hybridized carbons (Fsp3) is 0.500. The van der Waals surface area contributed by atoms with Crippen LogP contribution in [0.15, 0.2) is 24.3 Å². The van der Waals surface area contributed by atoms with Gasteiger partial charge in [-0.15, -0.1) is 0 Å². The number of imidazole rings is 1. The highest BCUT2D eigenvalue weighted by molar-refractivity contribution is 6.30. The molecule has 2 aromatic heterocycles. The summed E-state index contributed by atoms with van der Waals surface area (Å²) >= 11 is 6.32. The van der Waals surface area contributed by atoms with E-state index in [9.17, 15) is 9.90 Å². The first-order valence-corrected chi connectivity index (χ1v) is 13.2. The van der Waals surface area contributed by atoms with Crippen LogP contribution in [-0.4, -0.2) is 54.9 Å². The number of halogens is 1. The Morgan fingerprint density at radius 1 is 1.16 bits per heavy atom. The van der Waals surface area contributed by atoms with Crippen LogP contribution in [0.3, 0.4) is 0 Å². The number of amides is 1. The van der Waals surface area contributed by atoms with Gasteiger partial charge in [-0.25, -0.2) is 19.7 Å². The van der Waals surface area contributed by atoms with Crippen molar-refractivity contribution in [1.82, 2.24) is 24.8 Å². The molecule has 3 aromatic rings. The van der Waals surface area contributed by atoms with Crippen molar-refractivity contribution in [2.24, 2.45) is 11.8 Å². The fourth-order valence-electron chi connectivity index (χ4n) is 5.45. The summed E-state index contributed by atoms with van der Waals surface area (Å²) in [6.07, 6.45) is 5.07. The highest BCUT2D eigenvalue weighted by atomic mass is 35.5. The molecule has 1 aliphatic carbocycles. The van der Waals surface area contributed by atoms with E-state index in [1.807, 2.05) is 17.4 Å². The molecule has 196 valence electrons. The molecule has 2 fully saturated rings. The number of amidine groups is 1. The molecule has 0 radical (unpaired) electrons. The van der Waals surface area contributed by atoms with Crippen LogP contribution in [0.25, 0.3) is 22.4 Å². The Morgan fingerprint density at radius 2 is 1.92 bits per heavy atom. The molecule has 1 atom stereocenters. The summed E-state index contributed by atoms with van der Waals surface area (Å²) in [7, 11) is 0. The van der Waals surface area contributed by atoms with E-state index in [1.54, 1.807) is 12.1 Å². The number of fused-ring (bicyclic) bond motifs is 1. The van der Waals surface area contributed by atoms with Crippen LogP contribution in [0.2, 0.25) is 5.02 Å². The van der Waals surface area contributed by atoms with Crippen molar-refractivity contribution in [3.63, 3.8) is 0 Å². The molecule has 1 aromatic carbocycles. The second kappa shape index (κ2) is 11.1. The lowest BCUT2D eigenvalue weighted by Crippen LogP contribution is -2.30. The largest absolute Gasteiger partial charge is 0.465 e. The molecule has 1 unspecified atom stereocenters. The van der Waals surface area contributed by atoms with Crippen LogP contribution >= 0.6 is 11.6 Å². The van der Waals surface area contributed by atoms with Crippen LogP contribution in [-0.2, 0) is 11.3 Å². The molecular weight excluding hydrogens is 496 g/mol. The molecule has 37 heavy (non-hydrogen) atoms. The lowest BCUT2D eigenvalue weighted by molar-refractivity contribution is 0.00232. The number of hydrogen-bond donors (Lipinski definition) is 4. The third kappa shape index (κ3) is 5.61. The van der Waals surface area contributed by atoms with E-state index in [1.165, 1.54) is 19.3 Å². The van der Waals surface area contributed by atoms with Gasteiger partial charge in [-0.1, -0.05) is 43.0 Å². The quantitative estimate of drug-likeness (QED) is 0.267. The molecule has 0 bridgehead atoms. The number of carbonyl (C=O) groups is 1. The van der Waals surface area contributed by atoms with Crippen molar-refractivity contribution in [3.05, 3.63) is 40.9 Å². The second-order valence-corrected chi connectivity index (χ2v) is 10.3. The van der Waals surface area contributed by atoms with Gasteiger partial charge in [0, 0.05) is 30.3 Å². The molecule has 1 aliphatic heterocycles. The first-order chi connectivity index (χ1) is 17.9. The SMILES string of the molecule is N=C(NC(=O)O)c1nc(-c2cccc(Cl)c2)c2c(n1)nc(C(O)C1CCOCC1)n2CC1CCCCC1. The van der Waals surface area contributed by atoms with Crippen molar-refractivity contribution in [1.29, 1.82) is 5.41 Å². The summed E-state index contributed by atoms with van der Waals surface area (Å²) in [6.45, 7) is 1.87. The summed E-state index contributed by atoms with van der Waals surface area (Å²) in [5, 5.41) is 31.4. The van der Waals surface area contributed by atoms with Crippen molar-refractivity contribution < 1.29 is 19.7 Å². The normalized spacial score (nSPS) is 18.1. The van der Waals surface area contributed by atoms with E-state index >= 15 is 0 Å². The van der Waals surface area contributed by atoms with Gasteiger partial charge in [-0.2, -0.15) is 0 Å². The molecule has 0 spiro atoms. The number of nitrogens with zero attached hydrogens (tertiary/aromatic N) is 4. The summed E-state index contributed by atoms with van der Waals surface area (Å²) in [5.41, 5.74) is 2.16. The Labute approximate surface area is 219 Å². The first kappa shape index (κ1) is 25.6. The highest BCUT2D eigenvalue weighted by Gasteiger charge is 2.31. The highest BCUT2D eigenvalue weighted by Crippen LogP contribution is 2.36. The lowest BCUT2D eigenvalue weighted by atomic mass is 9.89. The maximum atomic E-state index is 11.5. The number of hydrogen-bond acceptors (Lipinski definition) is 7. The van der Waals surface area contributed by atoms with E-state index in [4.69, 9.17) is 31.8 Å². The number of nitrogens with one attached hydrogen (secondary N) is 2. The Bertz CT molecular complexity index is 1300. The average Bonchev–Trinajstić information content (AvgIpc) is 3.26. The van der Waals surface area contributed by atoms with Gasteiger partial charge in [0.1, 0.15) is 23.1 Å². The smallest absolute Gasteiger partial charge is 0.410 e. The Kier molecular flexibility index (Phi) is 7.68. The zero-order valence-electron chi connectivity index (χ0n) is 20.5. The van der Waals surface area contributed by atoms with E-state index in [-0.39, 0.29) is 11.7 Å². The van der Waals surface area contributed by atoms with E-state index in [0.29, 0.717) is 58.9 Å². The summed E-state index contributed by atoms with van der Waals surface area (Å²) in [6, 6.07) is 7.20. The van der Waals surface area contributed by atoms with Crippen LogP contribution in [0, 0.1) is 17.2 Å². The molecular formula is C26H31ClN6O4. The number of carboxylic acid groups (broad SMARTS) is 1. The van der Waals surface area contributed by atoms with Crippen LogP contribution in [0.5, 0.6) is 0 Å². The van der Waals surface area contributed by atoms with Crippen molar-refractivity contribution in [2.45, 2.75) is 57.6 Å². The van der Waals surface area contributed by atoms with Gasteiger partial charge in [-0.05, 0) is 49.7 Å². The average molecular weight is 527 g/mol. The van der Waals surface area contributed by atoms with Crippen LogP contribution in [0.1, 0.15) is 62.7 Å². The number of rotatable bonds is 6. The molecule has 2 aliphatic rings. The zero-order valence-corrected chi connectivity index (χ0v) is 21.2. The maximum absolute atomic E-state index is 11.5. The number of aliphatic hydroxyl groups is 1. The minimum atomic E-state index is -1.38. The standard InChI is InChI=1S/C26H31ClN6O4/c27-18-8-4-7-17(13-18)19-20-23(31-24(29-19)22(28)30-26(35)36)32-25(21(34)16-9-11-37-12-10-16)33(20)14-15-5-2-1-3-6-15/h4,7-8,13,15-16,21,34H,1-3,5-6,9-12,14H2,(H2,28,30)(H,35,36). The minimum absolute atomic E-state index is 0.00435. The van der Waals surface area contributed by atoms with Gasteiger partial charge in [0.2, 0.25) is 0 Å². The maximum Gasteiger partial charge on any atom is 0.410 e. The predicted octanol–water partition coefficient (Wildman–Crippen LogP) is 4.78. The monoisotopic (exact) mass is 526 g/mol. The summed E-state index contributed by atoms with van der Waals surface area (Å²) in [5.74, 6) is 0.417. The molecule has 1 saturated heterocycles. The topological polar surface area (TPSA) is 146 Å². The Balaban J connectivity index is 1.70. The van der Waals surface area contributed by atoms with Crippen LogP contribution < -0.4 is 5.32 Å². The number of aromatic nitrogens is 4. The van der Waals surface area contributed by atoms with Gasteiger partial charge >= 0.3 is 6.09 Å². The molecule has 1 amide bonds. The predicted molar refractivity (Wildman–Crippen MR) is 139 cm³/mol. The van der Waals surface area contributed by atoms with Crippen molar-refractivity contribution in [2.75, 3.05) is 13.2 Å². The molecule has 10 nitrogen and oxygen atoms in total. The van der Waals surface area contributed by atoms with Gasteiger partial charge < -0.3 is 19.5 Å². The van der Waals surface area contributed by atoms with Crippen molar-refractivity contribution >= 4 is 34.7 Å². The number of aliphatic hydroxyl groups excluding tert-OH is 1. The Hall–Kier alpha value is -3.08. The molecule has 3 heterocycles. The van der Waals surface area contributed by atoms with Gasteiger partial charge in [-0.3, -0.25) is 10.7 Å². The third-order valence-corrected chi connectivity index (χ3v) is 7.56. The summed E-state index contributed by atoms with van der Waals surface area (Å²) < 4.78 is 7.56. The minimum Gasteiger partial charge on any atom is -0.465 e. The van der Waals surface area contributed by atoms with E-state index in [0.717, 1.165) is 25.7 Å². The Morgan fingerprint density at radius 3 is 2.62 bits per heavy atom. The van der Waals surface area contributed by atoms with Gasteiger partial charge in [0.25, 0.3) is 0 Å². The van der Waals surface area contributed by atoms with E-state index < -0.39 is 18.0 Å². The fourth-order valence-corrected chi connectivity index (χ4v) is 5.64. The van der Waals surface area contributed by atoms with Gasteiger partial charge in [0.15, 0.2) is 17.3 Å². The molecule has 4 N–H and O–H groups in total. The molecule has 11 heteroatoms. The van der Waals surface area contributed by atoms with E-state index in [2.05, 4.69) is 14.5 Å². The number of benzene rings is 1. The van der Waals surface area contributed by atoms with Gasteiger partial charge in [0.05, 0.1) is 0 Å². The lowest BCUT2D eigenvalue weighted by Gasteiger charge is -2.28. The molecule has 1 saturated carbocycles. The first-order valence-electron chi connectivity index (χ1n) is 12.8. The van der Waals surface area contributed by atoms with Crippen LogP contribution in [0.4, 0.5) is 4.79 Å².